The molecule has 10 nitrogen and oxygen atoms in total. The Balaban J connectivity index is 3.54. The molecule has 0 saturated heterocycles. The lowest BCUT2D eigenvalue weighted by atomic mass is 9.98. The van der Waals surface area contributed by atoms with E-state index < -0.39 is 47.5 Å². The summed E-state index contributed by atoms with van der Waals surface area (Å²) in [6.07, 6.45) is 1.07. The van der Waals surface area contributed by atoms with Crippen molar-refractivity contribution in [2.45, 2.75) is 110 Å². The van der Waals surface area contributed by atoms with Crippen LogP contribution in [0, 0.1) is 0 Å². The van der Waals surface area contributed by atoms with Gasteiger partial charge in [-0.1, -0.05) is 32.4 Å². The molecule has 0 spiro atoms. The van der Waals surface area contributed by atoms with Gasteiger partial charge in [-0.3, -0.25) is 14.4 Å². The number of primary amides is 1. The van der Waals surface area contributed by atoms with Crippen molar-refractivity contribution < 1.29 is 29.0 Å². The molecular weight excluding hydrogens is 476 g/mol. The number of benzene rings is 1. The van der Waals surface area contributed by atoms with Crippen LogP contribution in [0.25, 0.3) is 0 Å². The van der Waals surface area contributed by atoms with E-state index in [-0.39, 0.29) is 24.6 Å². The highest BCUT2D eigenvalue weighted by Crippen LogP contribution is 2.29. The third-order valence-corrected chi connectivity index (χ3v) is 5.81. The van der Waals surface area contributed by atoms with E-state index >= 15 is 0 Å². The van der Waals surface area contributed by atoms with Crippen molar-refractivity contribution in [2.75, 3.05) is 0 Å². The minimum atomic E-state index is -1.17. The lowest BCUT2D eigenvalue weighted by Crippen LogP contribution is -2.56. The lowest BCUT2D eigenvalue weighted by Gasteiger charge is -2.38. The van der Waals surface area contributed by atoms with Gasteiger partial charge >= 0.3 is 6.09 Å². The molecule has 1 aromatic carbocycles. The number of ether oxygens (including phenoxy) is 1. The zero-order valence-electron chi connectivity index (χ0n) is 23.2. The van der Waals surface area contributed by atoms with Gasteiger partial charge in [0.05, 0.1) is 0 Å². The molecule has 0 bridgehead atoms. The van der Waals surface area contributed by atoms with Gasteiger partial charge in [-0.15, -0.1) is 0 Å². The van der Waals surface area contributed by atoms with Crippen molar-refractivity contribution in [3.8, 4) is 5.75 Å². The summed E-state index contributed by atoms with van der Waals surface area (Å²) in [5.41, 5.74) is 4.94. The highest BCUT2D eigenvalue weighted by atomic mass is 16.6. The molecular formula is C27H44N4O6. The van der Waals surface area contributed by atoms with Crippen LogP contribution in [-0.4, -0.2) is 57.5 Å². The highest BCUT2D eigenvalue weighted by molar-refractivity contribution is 5.92. The Hall–Kier alpha value is -3.30. The Morgan fingerprint density at radius 3 is 2.24 bits per heavy atom. The maximum atomic E-state index is 14.0. The Morgan fingerprint density at radius 1 is 1.08 bits per heavy atom. The smallest absolute Gasteiger partial charge is 0.408 e. The van der Waals surface area contributed by atoms with E-state index in [1.165, 1.54) is 17.0 Å². The first-order valence-electron chi connectivity index (χ1n) is 12.9. The average Bonchev–Trinajstić information content (AvgIpc) is 2.77. The van der Waals surface area contributed by atoms with E-state index in [2.05, 4.69) is 10.6 Å². The lowest BCUT2D eigenvalue weighted by molar-refractivity contribution is -0.145. The van der Waals surface area contributed by atoms with Crippen LogP contribution in [0.1, 0.15) is 92.2 Å². The molecule has 4 amide bonds. The number of alkyl carbamates (subject to hydrolysis) is 1. The van der Waals surface area contributed by atoms with Crippen LogP contribution >= 0.6 is 0 Å². The van der Waals surface area contributed by atoms with Gasteiger partial charge in [0.1, 0.15) is 23.4 Å². The summed E-state index contributed by atoms with van der Waals surface area (Å²) in [4.78, 5) is 53.2. The molecule has 0 aliphatic carbocycles. The number of hydrogen-bond acceptors (Lipinski definition) is 6. The molecule has 0 aliphatic heterocycles. The summed E-state index contributed by atoms with van der Waals surface area (Å²) in [6, 6.07) is 3.35. The van der Waals surface area contributed by atoms with E-state index in [9.17, 15) is 24.3 Å². The molecule has 0 aliphatic rings. The number of amides is 4. The highest BCUT2D eigenvalue weighted by Gasteiger charge is 2.39. The molecule has 4 unspecified atom stereocenters. The molecule has 0 fully saturated rings. The van der Waals surface area contributed by atoms with Gasteiger partial charge in [-0.25, -0.2) is 4.79 Å². The maximum Gasteiger partial charge on any atom is 0.408 e. The maximum absolute atomic E-state index is 14.0. The average molecular weight is 521 g/mol. The van der Waals surface area contributed by atoms with Crippen LogP contribution in [0.4, 0.5) is 4.79 Å². The summed E-state index contributed by atoms with van der Waals surface area (Å²) < 4.78 is 5.33. The van der Waals surface area contributed by atoms with Crippen LogP contribution in [-0.2, 0) is 19.1 Å². The minimum Gasteiger partial charge on any atom is -0.508 e. The normalized spacial score (nSPS) is 14.6. The fourth-order valence-electron chi connectivity index (χ4n) is 3.93. The second-order valence-electron chi connectivity index (χ2n) is 10.4. The number of nitrogens with zero attached hydrogens (tertiary/aromatic N) is 1. The molecule has 1 aromatic rings. The number of hydrogen-bond donors (Lipinski definition) is 4. The van der Waals surface area contributed by atoms with Crippen LogP contribution in [0.2, 0.25) is 0 Å². The first-order chi connectivity index (χ1) is 17.2. The summed E-state index contributed by atoms with van der Waals surface area (Å²) in [5.74, 6) is -1.65. The van der Waals surface area contributed by atoms with Gasteiger partial charge < -0.3 is 31.1 Å². The largest absolute Gasteiger partial charge is 0.508 e. The fourth-order valence-corrected chi connectivity index (χ4v) is 3.93. The van der Waals surface area contributed by atoms with E-state index in [0.29, 0.717) is 12.0 Å². The monoisotopic (exact) mass is 520 g/mol. The number of carbonyl (C=O) groups is 4. The van der Waals surface area contributed by atoms with E-state index in [1.807, 2.05) is 20.8 Å². The van der Waals surface area contributed by atoms with Gasteiger partial charge in [0.2, 0.25) is 17.7 Å². The number of nitrogens with two attached hydrogens (primary N) is 1. The summed E-state index contributed by atoms with van der Waals surface area (Å²) in [7, 11) is 0. The molecule has 208 valence electrons. The Morgan fingerprint density at radius 2 is 1.73 bits per heavy atom. The van der Waals surface area contributed by atoms with Crippen molar-refractivity contribution in [2.24, 2.45) is 5.73 Å². The number of phenols is 1. The van der Waals surface area contributed by atoms with Crippen molar-refractivity contribution in [1.29, 1.82) is 0 Å². The van der Waals surface area contributed by atoms with Crippen molar-refractivity contribution in [1.82, 2.24) is 15.5 Å². The first-order valence-corrected chi connectivity index (χ1v) is 12.9. The van der Waals surface area contributed by atoms with Crippen molar-refractivity contribution in [3.63, 3.8) is 0 Å². The van der Waals surface area contributed by atoms with Crippen molar-refractivity contribution >= 4 is 23.8 Å². The predicted octanol–water partition coefficient (Wildman–Crippen LogP) is 3.52. The zero-order chi connectivity index (χ0) is 28.3. The van der Waals surface area contributed by atoms with Gasteiger partial charge in [0, 0.05) is 18.5 Å². The standard InChI is InChI=1S/C27H44N4O6/c1-8-11-17(3)29-24(34)23(19-12-10-13-20(32)16-19)31(18(4)9-2)25(35)21(14-15-22(28)33)30-26(36)37-27(5,6)7/h10,12-13,16-18,21,23,32H,8-9,11,14-15H2,1-7H3,(H2,28,33)(H,29,34)(H,30,36). The van der Waals surface area contributed by atoms with Gasteiger partial charge in [-0.05, 0) is 71.6 Å². The molecule has 10 heteroatoms. The van der Waals surface area contributed by atoms with E-state index in [0.717, 1.165) is 12.8 Å². The molecule has 0 radical (unpaired) electrons. The minimum absolute atomic E-state index is 0.0504. The molecule has 1 rings (SSSR count). The quantitative estimate of drug-likeness (QED) is 0.312. The molecule has 37 heavy (non-hydrogen) atoms. The third kappa shape index (κ3) is 10.7. The Bertz CT molecular complexity index is 930. The zero-order valence-corrected chi connectivity index (χ0v) is 23.2. The van der Waals surface area contributed by atoms with E-state index in [1.54, 1.807) is 39.8 Å². The molecule has 0 heterocycles. The van der Waals surface area contributed by atoms with Gasteiger partial charge in [-0.2, -0.15) is 0 Å². The Kier molecular flexibility index (Phi) is 12.4. The third-order valence-electron chi connectivity index (χ3n) is 5.81. The van der Waals surface area contributed by atoms with Crippen LogP contribution < -0.4 is 16.4 Å². The number of rotatable bonds is 13. The molecule has 5 N–H and O–H groups in total. The molecule has 0 aromatic heterocycles. The number of carbonyl (C=O) groups excluding carboxylic acids is 4. The number of nitrogens with one attached hydrogen (secondary N) is 2. The predicted molar refractivity (Wildman–Crippen MR) is 142 cm³/mol. The number of phenolic OH excluding ortho intramolecular Hbond substituents is 1. The van der Waals surface area contributed by atoms with Gasteiger partial charge in [0.25, 0.3) is 0 Å². The second kappa shape index (κ2) is 14.4. The SMILES string of the molecule is CCCC(C)NC(=O)C(c1cccc(O)c1)N(C(=O)C(CCC(N)=O)NC(=O)OC(C)(C)C)C(C)CC. The van der Waals surface area contributed by atoms with E-state index in [4.69, 9.17) is 10.5 Å². The summed E-state index contributed by atoms with van der Waals surface area (Å²) in [5, 5.41) is 15.7. The van der Waals surface area contributed by atoms with Crippen LogP contribution in [0.5, 0.6) is 5.75 Å². The molecule has 0 saturated carbocycles. The summed E-state index contributed by atoms with van der Waals surface area (Å²) >= 11 is 0. The van der Waals surface area contributed by atoms with Gasteiger partial charge in [0.15, 0.2) is 0 Å². The van der Waals surface area contributed by atoms with Crippen LogP contribution in [0.3, 0.4) is 0 Å². The topological polar surface area (TPSA) is 151 Å². The van der Waals surface area contributed by atoms with Crippen molar-refractivity contribution in [3.05, 3.63) is 29.8 Å². The van der Waals surface area contributed by atoms with Crippen LogP contribution in [0.15, 0.2) is 24.3 Å². The second-order valence-corrected chi connectivity index (χ2v) is 10.4. The summed E-state index contributed by atoms with van der Waals surface area (Å²) in [6.45, 7) is 12.6. The molecule has 4 atom stereocenters. The first kappa shape index (κ1) is 31.7. The fraction of sp³-hybridized carbons (Fsp3) is 0.630. The number of aromatic hydroxyl groups is 1. The Labute approximate surface area is 220 Å².